The van der Waals surface area contributed by atoms with Gasteiger partial charge in [-0.1, -0.05) is 18.2 Å². The summed E-state index contributed by atoms with van der Waals surface area (Å²) in [7, 11) is 0. The maximum Gasteiger partial charge on any atom is 0.273 e. The number of amides is 1. The van der Waals surface area contributed by atoms with E-state index in [4.69, 9.17) is 0 Å². The molecule has 6 heteroatoms. The fourth-order valence-electron chi connectivity index (χ4n) is 2.01. The van der Waals surface area contributed by atoms with Gasteiger partial charge < -0.3 is 4.90 Å². The van der Waals surface area contributed by atoms with E-state index in [-0.39, 0.29) is 5.91 Å². The van der Waals surface area contributed by atoms with Crippen molar-refractivity contribution in [2.24, 2.45) is 0 Å². The Kier molecular flexibility index (Phi) is 4.82. The van der Waals surface area contributed by atoms with Gasteiger partial charge in [0.1, 0.15) is 10.7 Å². The molecule has 22 heavy (non-hydrogen) atoms. The maximum atomic E-state index is 12.7. The number of aromatic nitrogens is 1. The third-order valence-corrected chi connectivity index (χ3v) is 5.76. The standard InChI is InChI=1S/C16H14N2OS3/c1-2-7-18(10-12-5-3-8-20-12)16(19)13-11-22-15(17-13)14-6-4-9-21-14/h2-6,8-9,11H,1,7,10H2. The van der Waals surface area contributed by atoms with Crippen LogP contribution in [0.3, 0.4) is 0 Å². The van der Waals surface area contributed by atoms with Crippen LogP contribution < -0.4 is 0 Å². The third-order valence-electron chi connectivity index (χ3n) is 3.02. The van der Waals surface area contributed by atoms with Gasteiger partial charge in [-0.15, -0.1) is 40.6 Å². The molecule has 0 spiro atoms. The lowest BCUT2D eigenvalue weighted by atomic mass is 10.3. The SMILES string of the molecule is C=CCN(Cc1cccs1)C(=O)c1csc(-c2cccs2)n1. The zero-order chi connectivity index (χ0) is 15.4. The molecule has 0 saturated carbocycles. The van der Waals surface area contributed by atoms with Crippen molar-refractivity contribution >= 4 is 39.9 Å². The Morgan fingerprint density at radius 2 is 2.05 bits per heavy atom. The van der Waals surface area contributed by atoms with Gasteiger partial charge in [0.15, 0.2) is 0 Å². The highest BCUT2D eigenvalue weighted by Crippen LogP contribution is 2.28. The highest BCUT2D eigenvalue weighted by Gasteiger charge is 2.19. The van der Waals surface area contributed by atoms with Gasteiger partial charge in [0.25, 0.3) is 5.91 Å². The molecule has 1 amide bonds. The fraction of sp³-hybridized carbons (Fsp3) is 0.125. The summed E-state index contributed by atoms with van der Waals surface area (Å²) in [4.78, 5) is 21.2. The Bertz CT molecular complexity index is 744. The average molecular weight is 347 g/mol. The Balaban J connectivity index is 1.79. The molecule has 0 aliphatic rings. The van der Waals surface area contributed by atoms with Gasteiger partial charge in [-0.2, -0.15) is 0 Å². The molecular formula is C16H14N2OS3. The number of rotatable bonds is 6. The van der Waals surface area contributed by atoms with E-state index in [1.165, 1.54) is 11.3 Å². The van der Waals surface area contributed by atoms with Gasteiger partial charge in [0.2, 0.25) is 0 Å². The van der Waals surface area contributed by atoms with E-state index >= 15 is 0 Å². The fourth-order valence-corrected chi connectivity index (χ4v) is 4.34. The lowest BCUT2D eigenvalue weighted by Crippen LogP contribution is -2.30. The molecule has 0 aromatic carbocycles. The molecule has 0 radical (unpaired) electrons. The minimum Gasteiger partial charge on any atom is -0.328 e. The summed E-state index contributed by atoms with van der Waals surface area (Å²) in [6.45, 7) is 4.85. The van der Waals surface area contributed by atoms with Crippen molar-refractivity contribution in [2.75, 3.05) is 6.54 Å². The van der Waals surface area contributed by atoms with Crippen LogP contribution in [0.5, 0.6) is 0 Å². The molecule has 0 saturated heterocycles. The molecule has 3 aromatic heterocycles. The van der Waals surface area contributed by atoms with Crippen LogP contribution in [-0.4, -0.2) is 22.3 Å². The van der Waals surface area contributed by atoms with Gasteiger partial charge >= 0.3 is 0 Å². The van der Waals surface area contributed by atoms with E-state index in [0.717, 1.165) is 14.8 Å². The Labute approximate surface area is 141 Å². The summed E-state index contributed by atoms with van der Waals surface area (Å²) in [5, 5.41) is 6.76. The van der Waals surface area contributed by atoms with E-state index in [1.54, 1.807) is 33.6 Å². The second-order valence-corrected chi connectivity index (χ2v) is 7.41. The number of hydrogen-bond donors (Lipinski definition) is 0. The molecular weight excluding hydrogens is 332 g/mol. The molecule has 0 aliphatic carbocycles. The van der Waals surface area contributed by atoms with Crippen molar-refractivity contribution in [3.8, 4) is 9.88 Å². The summed E-state index contributed by atoms with van der Waals surface area (Å²) < 4.78 is 0. The molecule has 3 nitrogen and oxygen atoms in total. The highest BCUT2D eigenvalue weighted by molar-refractivity contribution is 7.20. The zero-order valence-electron chi connectivity index (χ0n) is 11.8. The van der Waals surface area contributed by atoms with Crippen LogP contribution in [-0.2, 0) is 6.54 Å². The monoisotopic (exact) mass is 346 g/mol. The summed E-state index contributed by atoms with van der Waals surface area (Å²) in [5.41, 5.74) is 0.506. The Morgan fingerprint density at radius 3 is 2.73 bits per heavy atom. The van der Waals surface area contributed by atoms with Crippen molar-refractivity contribution in [2.45, 2.75) is 6.54 Å². The molecule has 3 aromatic rings. The molecule has 0 bridgehead atoms. The number of carbonyl (C=O) groups is 1. The highest BCUT2D eigenvalue weighted by atomic mass is 32.1. The van der Waals surface area contributed by atoms with Crippen molar-refractivity contribution in [3.63, 3.8) is 0 Å². The molecule has 3 heterocycles. The Morgan fingerprint density at radius 1 is 1.23 bits per heavy atom. The summed E-state index contributed by atoms with van der Waals surface area (Å²) in [6.07, 6.45) is 1.75. The van der Waals surface area contributed by atoms with Crippen LogP contribution in [0.15, 0.2) is 53.1 Å². The summed E-state index contributed by atoms with van der Waals surface area (Å²) >= 11 is 4.79. The van der Waals surface area contributed by atoms with E-state index < -0.39 is 0 Å². The number of nitrogens with zero attached hydrogens (tertiary/aromatic N) is 2. The lowest BCUT2D eigenvalue weighted by Gasteiger charge is -2.19. The number of hydrogen-bond acceptors (Lipinski definition) is 5. The van der Waals surface area contributed by atoms with E-state index in [1.807, 2.05) is 40.4 Å². The van der Waals surface area contributed by atoms with Crippen molar-refractivity contribution in [1.82, 2.24) is 9.88 Å². The van der Waals surface area contributed by atoms with Gasteiger partial charge in [0.05, 0.1) is 11.4 Å². The minimum absolute atomic E-state index is 0.0487. The van der Waals surface area contributed by atoms with Crippen molar-refractivity contribution < 1.29 is 4.79 Å². The Hall–Kier alpha value is -1.76. The largest absolute Gasteiger partial charge is 0.328 e. The minimum atomic E-state index is -0.0487. The molecule has 0 atom stereocenters. The van der Waals surface area contributed by atoms with Crippen LogP contribution in [0, 0.1) is 0 Å². The van der Waals surface area contributed by atoms with E-state index in [9.17, 15) is 4.79 Å². The smallest absolute Gasteiger partial charge is 0.273 e. The van der Waals surface area contributed by atoms with Crippen LogP contribution in [0.25, 0.3) is 9.88 Å². The normalized spacial score (nSPS) is 10.5. The van der Waals surface area contributed by atoms with Crippen molar-refractivity contribution in [1.29, 1.82) is 0 Å². The predicted molar refractivity (Wildman–Crippen MR) is 94.7 cm³/mol. The van der Waals surface area contributed by atoms with Gasteiger partial charge in [-0.3, -0.25) is 4.79 Å². The molecule has 0 N–H and O–H groups in total. The topological polar surface area (TPSA) is 33.2 Å². The third kappa shape index (κ3) is 3.35. The van der Waals surface area contributed by atoms with Crippen LogP contribution in [0.1, 0.15) is 15.4 Å². The quantitative estimate of drug-likeness (QED) is 0.603. The number of carbonyl (C=O) groups excluding carboxylic acids is 1. The van der Waals surface area contributed by atoms with Gasteiger partial charge in [-0.05, 0) is 22.9 Å². The molecule has 112 valence electrons. The first-order chi connectivity index (χ1) is 10.8. The number of thiazole rings is 1. The first-order valence-corrected chi connectivity index (χ1v) is 9.34. The van der Waals surface area contributed by atoms with Gasteiger partial charge in [-0.25, -0.2) is 4.98 Å². The average Bonchev–Trinajstić information content (AvgIpc) is 3.26. The van der Waals surface area contributed by atoms with E-state index in [2.05, 4.69) is 11.6 Å². The summed E-state index contributed by atoms with van der Waals surface area (Å²) in [5.74, 6) is -0.0487. The van der Waals surface area contributed by atoms with Crippen LogP contribution in [0.4, 0.5) is 0 Å². The first kappa shape index (κ1) is 15.1. The van der Waals surface area contributed by atoms with Crippen LogP contribution >= 0.6 is 34.0 Å². The predicted octanol–water partition coefficient (Wildman–Crippen LogP) is 4.76. The zero-order valence-corrected chi connectivity index (χ0v) is 14.2. The second-order valence-electron chi connectivity index (χ2n) is 4.57. The maximum absolute atomic E-state index is 12.7. The molecule has 0 unspecified atom stereocenters. The van der Waals surface area contributed by atoms with Gasteiger partial charge in [0, 0.05) is 16.8 Å². The molecule has 3 rings (SSSR count). The summed E-state index contributed by atoms with van der Waals surface area (Å²) in [6, 6.07) is 8.04. The number of thiophene rings is 2. The lowest BCUT2D eigenvalue weighted by molar-refractivity contribution is 0.0759. The second kappa shape index (κ2) is 7.00. The molecule has 0 fully saturated rings. The van der Waals surface area contributed by atoms with Crippen molar-refractivity contribution in [3.05, 3.63) is 63.6 Å². The first-order valence-electron chi connectivity index (χ1n) is 6.70. The van der Waals surface area contributed by atoms with Crippen LogP contribution in [0.2, 0.25) is 0 Å². The van der Waals surface area contributed by atoms with E-state index in [0.29, 0.717) is 18.8 Å². The molecule has 0 aliphatic heterocycles.